The van der Waals surface area contributed by atoms with Gasteiger partial charge in [0.2, 0.25) is 0 Å². The quantitative estimate of drug-likeness (QED) is 0.809. The summed E-state index contributed by atoms with van der Waals surface area (Å²) in [6.07, 6.45) is 3.40. The number of nitrogen functional groups attached to an aromatic ring is 1. The first-order valence-corrected chi connectivity index (χ1v) is 7.21. The number of nitrogens with two attached hydrogens (primary N) is 1. The van der Waals surface area contributed by atoms with Crippen LogP contribution in [0.4, 0.5) is 5.69 Å². The Kier molecular flexibility index (Phi) is 4.27. The Balaban J connectivity index is 2.14. The van der Waals surface area contributed by atoms with Gasteiger partial charge in [-0.25, -0.2) is 0 Å². The van der Waals surface area contributed by atoms with E-state index in [1.165, 1.54) is 6.42 Å². The molecule has 0 aliphatic carbocycles. The van der Waals surface area contributed by atoms with Gasteiger partial charge in [-0.1, -0.05) is 22.9 Å². The number of hydrogen-bond donors (Lipinski definition) is 1. The number of nitrogens with zero attached hydrogens (tertiary/aromatic N) is 1. The van der Waals surface area contributed by atoms with Gasteiger partial charge in [-0.15, -0.1) is 0 Å². The summed E-state index contributed by atoms with van der Waals surface area (Å²) >= 11 is 3.38. The number of amides is 1. The van der Waals surface area contributed by atoms with Crippen LogP contribution in [-0.2, 0) is 0 Å². The number of halogens is 1. The molecule has 1 atom stereocenters. The van der Waals surface area contributed by atoms with Crippen molar-refractivity contribution in [1.29, 1.82) is 0 Å². The second-order valence-corrected chi connectivity index (χ2v) is 6.02. The minimum absolute atomic E-state index is 0.0945. The molecule has 0 aromatic heterocycles. The minimum atomic E-state index is 0.0945. The molecule has 0 spiro atoms. The molecule has 1 heterocycles. The van der Waals surface area contributed by atoms with Gasteiger partial charge in [-0.05, 0) is 43.4 Å². The molecule has 1 aromatic carbocycles. The molecule has 0 saturated carbocycles. The van der Waals surface area contributed by atoms with Crippen LogP contribution >= 0.6 is 15.9 Å². The van der Waals surface area contributed by atoms with Crippen LogP contribution in [0.25, 0.3) is 0 Å². The normalized spacial score (nSPS) is 20.6. The SMILES string of the molecule is CC1CCCN(C(=O)c2cc(N)cc(Br)c2)CC1. The molecule has 98 valence electrons. The van der Waals surface area contributed by atoms with Crippen molar-refractivity contribution < 1.29 is 4.79 Å². The summed E-state index contributed by atoms with van der Waals surface area (Å²) in [5, 5.41) is 0. The molecular weight excluding hydrogens is 292 g/mol. The first-order valence-electron chi connectivity index (χ1n) is 6.41. The van der Waals surface area contributed by atoms with Gasteiger partial charge in [-0.3, -0.25) is 4.79 Å². The molecule has 1 fully saturated rings. The fraction of sp³-hybridized carbons (Fsp3) is 0.500. The van der Waals surface area contributed by atoms with Crippen LogP contribution in [0.1, 0.15) is 36.5 Å². The topological polar surface area (TPSA) is 46.3 Å². The Bertz CT molecular complexity index is 427. The minimum Gasteiger partial charge on any atom is -0.399 e. The van der Waals surface area contributed by atoms with Gasteiger partial charge in [-0.2, -0.15) is 0 Å². The van der Waals surface area contributed by atoms with Crippen molar-refractivity contribution in [3.8, 4) is 0 Å². The monoisotopic (exact) mass is 310 g/mol. The zero-order valence-corrected chi connectivity index (χ0v) is 12.2. The standard InChI is InChI=1S/C14H19BrN2O/c1-10-3-2-5-17(6-4-10)14(18)11-7-12(15)9-13(16)8-11/h7-10H,2-6,16H2,1H3. The number of likely N-dealkylation sites (tertiary alicyclic amines) is 1. The van der Waals surface area contributed by atoms with Crippen LogP contribution in [0.2, 0.25) is 0 Å². The highest BCUT2D eigenvalue weighted by molar-refractivity contribution is 9.10. The number of carbonyl (C=O) groups is 1. The summed E-state index contributed by atoms with van der Waals surface area (Å²) < 4.78 is 0.856. The van der Waals surface area contributed by atoms with E-state index in [9.17, 15) is 4.79 Å². The van der Waals surface area contributed by atoms with Gasteiger partial charge in [0.05, 0.1) is 0 Å². The Morgan fingerprint density at radius 1 is 1.33 bits per heavy atom. The van der Waals surface area contributed by atoms with E-state index in [4.69, 9.17) is 5.73 Å². The molecule has 0 bridgehead atoms. The lowest BCUT2D eigenvalue weighted by Gasteiger charge is -2.20. The van der Waals surface area contributed by atoms with E-state index in [-0.39, 0.29) is 5.91 Å². The van der Waals surface area contributed by atoms with E-state index in [0.29, 0.717) is 11.3 Å². The average molecular weight is 311 g/mol. The first-order chi connectivity index (χ1) is 8.56. The van der Waals surface area contributed by atoms with Crippen molar-refractivity contribution in [2.24, 2.45) is 5.92 Å². The van der Waals surface area contributed by atoms with E-state index >= 15 is 0 Å². The molecule has 18 heavy (non-hydrogen) atoms. The van der Waals surface area contributed by atoms with E-state index < -0.39 is 0 Å². The van der Waals surface area contributed by atoms with Gasteiger partial charge < -0.3 is 10.6 Å². The van der Waals surface area contributed by atoms with Crippen LogP contribution in [0.5, 0.6) is 0 Å². The number of hydrogen-bond acceptors (Lipinski definition) is 2. The molecule has 4 heteroatoms. The summed E-state index contributed by atoms with van der Waals surface area (Å²) in [6, 6.07) is 5.40. The summed E-state index contributed by atoms with van der Waals surface area (Å²) in [7, 11) is 0. The van der Waals surface area contributed by atoms with Gasteiger partial charge >= 0.3 is 0 Å². The zero-order valence-electron chi connectivity index (χ0n) is 10.7. The van der Waals surface area contributed by atoms with Crippen LogP contribution in [-0.4, -0.2) is 23.9 Å². The van der Waals surface area contributed by atoms with Crippen molar-refractivity contribution in [2.75, 3.05) is 18.8 Å². The average Bonchev–Trinajstić information content (AvgIpc) is 2.52. The van der Waals surface area contributed by atoms with Crippen molar-refractivity contribution in [3.05, 3.63) is 28.2 Å². The summed E-state index contributed by atoms with van der Waals surface area (Å²) in [4.78, 5) is 14.4. The van der Waals surface area contributed by atoms with Crippen molar-refractivity contribution in [1.82, 2.24) is 4.90 Å². The van der Waals surface area contributed by atoms with Crippen molar-refractivity contribution >= 4 is 27.5 Å². The first kappa shape index (κ1) is 13.4. The highest BCUT2D eigenvalue weighted by Crippen LogP contribution is 2.21. The molecule has 1 aromatic rings. The third-order valence-electron chi connectivity index (χ3n) is 3.47. The lowest BCUT2D eigenvalue weighted by atomic mass is 10.0. The van der Waals surface area contributed by atoms with E-state index in [2.05, 4.69) is 22.9 Å². The third-order valence-corrected chi connectivity index (χ3v) is 3.93. The maximum absolute atomic E-state index is 12.4. The van der Waals surface area contributed by atoms with Gasteiger partial charge in [0, 0.05) is 28.8 Å². The lowest BCUT2D eigenvalue weighted by Crippen LogP contribution is -2.32. The lowest BCUT2D eigenvalue weighted by molar-refractivity contribution is 0.0760. The van der Waals surface area contributed by atoms with Gasteiger partial charge in [0.15, 0.2) is 0 Å². The summed E-state index contributed by atoms with van der Waals surface area (Å²) in [5.74, 6) is 0.812. The van der Waals surface area contributed by atoms with Gasteiger partial charge in [0.25, 0.3) is 5.91 Å². The number of carbonyl (C=O) groups excluding carboxylic acids is 1. The largest absolute Gasteiger partial charge is 0.399 e. The zero-order chi connectivity index (χ0) is 13.1. The summed E-state index contributed by atoms with van der Waals surface area (Å²) in [6.45, 7) is 3.97. The Labute approximate surface area is 116 Å². The van der Waals surface area contributed by atoms with Crippen LogP contribution < -0.4 is 5.73 Å². The predicted molar refractivity (Wildman–Crippen MR) is 77.5 cm³/mol. The maximum atomic E-state index is 12.4. The highest BCUT2D eigenvalue weighted by Gasteiger charge is 2.20. The maximum Gasteiger partial charge on any atom is 0.253 e. The molecule has 2 N–H and O–H groups in total. The second kappa shape index (κ2) is 5.74. The molecule has 1 aliphatic heterocycles. The smallest absolute Gasteiger partial charge is 0.253 e. The molecule has 1 saturated heterocycles. The number of benzene rings is 1. The molecule has 1 aliphatic rings. The van der Waals surface area contributed by atoms with Crippen LogP contribution in [0.3, 0.4) is 0 Å². The van der Waals surface area contributed by atoms with E-state index in [0.717, 1.165) is 36.3 Å². The van der Waals surface area contributed by atoms with Crippen LogP contribution in [0, 0.1) is 5.92 Å². The predicted octanol–water partition coefficient (Wildman–Crippen LogP) is 3.29. The number of rotatable bonds is 1. The summed E-state index contributed by atoms with van der Waals surface area (Å²) in [5.41, 5.74) is 7.08. The Morgan fingerprint density at radius 2 is 2.11 bits per heavy atom. The van der Waals surface area contributed by atoms with Crippen molar-refractivity contribution in [2.45, 2.75) is 26.2 Å². The molecule has 3 nitrogen and oxygen atoms in total. The second-order valence-electron chi connectivity index (χ2n) is 5.10. The fourth-order valence-corrected chi connectivity index (χ4v) is 2.90. The number of anilines is 1. The molecular formula is C14H19BrN2O. The third kappa shape index (κ3) is 3.25. The Morgan fingerprint density at radius 3 is 2.83 bits per heavy atom. The molecule has 0 radical (unpaired) electrons. The Hall–Kier alpha value is -1.03. The molecule has 1 amide bonds. The van der Waals surface area contributed by atoms with Crippen molar-refractivity contribution in [3.63, 3.8) is 0 Å². The van der Waals surface area contributed by atoms with Crippen LogP contribution in [0.15, 0.2) is 22.7 Å². The molecule has 1 unspecified atom stereocenters. The van der Waals surface area contributed by atoms with Gasteiger partial charge in [0.1, 0.15) is 0 Å². The van der Waals surface area contributed by atoms with E-state index in [1.807, 2.05) is 11.0 Å². The highest BCUT2D eigenvalue weighted by atomic mass is 79.9. The van der Waals surface area contributed by atoms with E-state index in [1.54, 1.807) is 12.1 Å². The molecule has 2 rings (SSSR count). The fourth-order valence-electron chi connectivity index (χ4n) is 2.38.